The van der Waals surface area contributed by atoms with Gasteiger partial charge in [-0.3, -0.25) is 4.79 Å². The largest absolute Gasteiger partial charge is 0.392 e. The van der Waals surface area contributed by atoms with Crippen molar-refractivity contribution < 1.29 is 50.8 Å². The van der Waals surface area contributed by atoms with E-state index in [1.165, 1.54) is 0 Å². The highest BCUT2D eigenvalue weighted by Crippen LogP contribution is 2.33. The summed E-state index contributed by atoms with van der Waals surface area (Å²) in [6.07, 6.45) is -6.99. The number of benzene rings is 4. The van der Waals surface area contributed by atoms with Gasteiger partial charge in [0.1, 0.15) is 6.29 Å². The van der Waals surface area contributed by atoms with Crippen LogP contribution in [0.3, 0.4) is 0 Å². The first-order chi connectivity index (χ1) is 32.3. The fourth-order valence-electron chi connectivity index (χ4n) is 7.44. The van der Waals surface area contributed by atoms with Gasteiger partial charge in [0.25, 0.3) is 0 Å². The van der Waals surface area contributed by atoms with Crippen molar-refractivity contribution in [2.45, 2.75) is 44.7 Å². The number of ether oxygens (including phenoxy) is 2. The summed E-state index contributed by atoms with van der Waals surface area (Å²) in [6, 6.07) is 32.0. The van der Waals surface area contributed by atoms with Crippen LogP contribution in [0.25, 0.3) is 56.3 Å². The first kappa shape index (κ1) is 46.3. The van der Waals surface area contributed by atoms with Crippen LogP contribution >= 0.6 is 0 Å². The molecule has 0 radical (unpaired) electrons. The lowest BCUT2D eigenvalue weighted by Crippen LogP contribution is -2.15. The molecule has 0 atom stereocenters. The van der Waals surface area contributed by atoms with Gasteiger partial charge in [-0.25, -0.2) is 19.0 Å². The van der Waals surface area contributed by atoms with Crippen molar-refractivity contribution in [2.24, 2.45) is 0 Å². The van der Waals surface area contributed by atoms with Crippen molar-refractivity contribution >= 4 is 29.0 Å². The van der Waals surface area contributed by atoms with E-state index in [4.69, 9.17) is 14.6 Å². The monoisotopic (exact) mass is 924 g/mol. The van der Waals surface area contributed by atoms with Crippen LogP contribution in [0.4, 0.5) is 37.7 Å². The molecule has 4 aromatic carbocycles. The second-order valence-electron chi connectivity index (χ2n) is 15.3. The molecule has 1 saturated heterocycles. The maximum atomic E-state index is 12.8. The molecule has 4 N–H and O–H groups in total. The average Bonchev–Trinajstić information content (AvgIpc) is 4.12. The van der Waals surface area contributed by atoms with Gasteiger partial charge in [-0.05, 0) is 23.3 Å². The summed E-state index contributed by atoms with van der Waals surface area (Å²) in [5, 5.41) is 34.6. The van der Waals surface area contributed by atoms with Crippen LogP contribution < -0.4 is 10.6 Å². The maximum absolute atomic E-state index is 12.8. The molecule has 8 aromatic rings. The van der Waals surface area contributed by atoms with Crippen LogP contribution in [0, 0.1) is 0 Å². The summed E-state index contributed by atoms with van der Waals surface area (Å²) in [7, 11) is 0. The van der Waals surface area contributed by atoms with Crippen LogP contribution in [-0.2, 0) is 22.7 Å². The topological polar surface area (TPSA) is 160 Å². The summed E-state index contributed by atoms with van der Waals surface area (Å²) in [5.41, 5.74) is 9.43. The summed E-state index contributed by atoms with van der Waals surface area (Å²) >= 11 is 0. The van der Waals surface area contributed by atoms with Crippen LogP contribution in [0.5, 0.6) is 0 Å². The van der Waals surface area contributed by atoms with Gasteiger partial charge in [-0.2, -0.15) is 36.5 Å². The lowest BCUT2D eigenvalue weighted by atomic mass is 10.0. The normalized spacial score (nSPS) is 13.2. The summed E-state index contributed by atoms with van der Waals surface area (Å²) in [4.78, 5) is 19.8. The number of anilines is 2. The van der Waals surface area contributed by atoms with E-state index in [1.54, 1.807) is 94.2 Å². The standard InChI is InChI=1S/C25H23F3N4O3.C23H19F3N4O2/c26-25(27,28)9-10-29-21-13-20(19-4-2-1-3-18(19)15-33)31-32-22(14-30-23(21)32)16-5-7-17(8-6-16)24-34-11-12-35-24;24-23(25,26)9-10-27-20-11-19(18-4-2-1-3-17(18)14-32)29-30-21(12-28-22(20)30)16-7-5-15(13-31)6-8-16/h1-8,13-14,24,29,33H,9-12,15H2;1-8,11-13,27,32H,9-10,14H2. The van der Waals surface area contributed by atoms with Crippen molar-refractivity contribution in [2.75, 3.05) is 36.9 Å². The molecular formula is C48H42F6N8O5. The molecule has 0 unspecified atom stereocenters. The number of hydrogen-bond acceptors (Lipinski definition) is 11. The van der Waals surface area contributed by atoms with Crippen molar-refractivity contribution in [1.82, 2.24) is 29.2 Å². The molecule has 0 bridgehead atoms. The van der Waals surface area contributed by atoms with Crippen molar-refractivity contribution in [3.05, 3.63) is 144 Å². The quantitative estimate of drug-likeness (QED) is 0.0608. The number of carbonyl (C=O) groups is 1. The molecule has 0 spiro atoms. The zero-order valence-electron chi connectivity index (χ0n) is 35.4. The Morgan fingerprint density at radius 3 is 1.48 bits per heavy atom. The molecule has 67 heavy (non-hydrogen) atoms. The summed E-state index contributed by atoms with van der Waals surface area (Å²) in [5.74, 6) is 0. The number of halogens is 6. The number of imidazole rings is 2. The van der Waals surface area contributed by atoms with Gasteiger partial charge in [0.05, 0.1) is 85.8 Å². The fraction of sp³-hybridized carbons (Fsp3) is 0.229. The molecule has 346 valence electrons. The Hall–Kier alpha value is -7.19. The van der Waals surface area contributed by atoms with Gasteiger partial charge in [0.2, 0.25) is 0 Å². The van der Waals surface area contributed by atoms with Crippen LogP contribution in [0.2, 0.25) is 0 Å². The Balaban J connectivity index is 0.000000182. The van der Waals surface area contributed by atoms with Crippen molar-refractivity contribution in [1.29, 1.82) is 0 Å². The number of nitrogens with zero attached hydrogens (tertiary/aromatic N) is 6. The number of aliphatic hydroxyl groups is 2. The molecule has 4 aromatic heterocycles. The molecular weight excluding hydrogens is 883 g/mol. The van der Waals surface area contributed by atoms with Gasteiger partial charge in [0, 0.05) is 46.5 Å². The molecule has 0 amide bonds. The number of aldehydes is 1. The summed E-state index contributed by atoms with van der Waals surface area (Å²) < 4.78 is 90.6. The molecule has 0 saturated carbocycles. The second-order valence-corrected chi connectivity index (χ2v) is 15.3. The maximum Gasteiger partial charge on any atom is 0.390 e. The second kappa shape index (κ2) is 20.1. The number of rotatable bonds is 14. The Kier molecular flexibility index (Phi) is 13.9. The van der Waals surface area contributed by atoms with Crippen LogP contribution in [-0.4, -0.2) is 84.4 Å². The number of nitrogens with one attached hydrogen (secondary N) is 2. The SMILES string of the molecule is O=Cc1ccc(-c2cnc3c(NCCC(F)(F)F)cc(-c4ccccc4CO)nn23)cc1.OCc1ccccc1-c1cc(NCCC(F)(F)F)c2ncc(-c3ccc(C4OCCO4)cc3)n2n1. The highest BCUT2D eigenvalue weighted by molar-refractivity contribution is 5.80. The minimum Gasteiger partial charge on any atom is -0.392 e. The van der Waals surface area contributed by atoms with Crippen molar-refractivity contribution in [3.8, 4) is 45.0 Å². The number of aromatic nitrogens is 6. The zero-order valence-corrected chi connectivity index (χ0v) is 35.4. The Morgan fingerprint density at radius 2 is 1.06 bits per heavy atom. The molecule has 13 nitrogen and oxygen atoms in total. The first-order valence-corrected chi connectivity index (χ1v) is 21.0. The van der Waals surface area contributed by atoms with E-state index in [1.807, 2.05) is 36.4 Å². The fourth-order valence-corrected chi connectivity index (χ4v) is 7.44. The minimum absolute atomic E-state index is 0.198. The van der Waals surface area contributed by atoms with E-state index in [0.29, 0.717) is 86.5 Å². The minimum atomic E-state index is -4.29. The van der Waals surface area contributed by atoms with Crippen molar-refractivity contribution in [3.63, 3.8) is 0 Å². The Labute approximate surface area is 378 Å². The number of carbonyl (C=O) groups excluding carboxylic acids is 1. The van der Waals surface area contributed by atoms with E-state index in [2.05, 4.69) is 25.7 Å². The van der Waals surface area contributed by atoms with Gasteiger partial charge in [-0.15, -0.1) is 0 Å². The third-order valence-electron chi connectivity index (χ3n) is 10.8. The van der Waals surface area contributed by atoms with E-state index >= 15 is 0 Å². The number of aliphatic hydroxyl groups excluding tert-OH is 2. The molecule has 5 heterocycles. The molecule has 1 fully saturated rings. The van der Waals surface area contributed by atoms with E-state index in [9.17, 15) is 41.4 Å². The lowest BCUT2D eigenvalue weighted by molar-refractivity contribution is -0.132. The smallest absolute Gasteiger partial charge is 0.390 e. The van der Waals surface area contributed by atoms with Gasteiger partial charge < -0.3 is 30.3 Å². The third-order valence-corrected chi connectivity index (χ3v) is 10.8. The first-order valence-electron chi connectivity index (χ1n) is 21.0. The number of alkyl halides is 6. The van der Waals surface area contributed by atoms with Gasteiger partial charge >= 0.3 is 12.4 Å². The highest BCUT2D eigenvalue weighted by atomic mass is 19.4. The zero-order chi connectivity index (χ0) is 47.1. The molecule has 0 aliphatic carbocycles. The van der Waals surface area contributed by atoms with E-state index < -0.39 is 31.5 Å². The van der Waals surface area contributed by atoms with Gasteiger partial charge in [-0.1, -0.05) is 97.1 Å². The summed E-state index contributed by atoms with van der Waals surface area (Å²) in [6.45, 7) is 0.0631. The van der Waals surface area contributed by atoms with Gasteiger partial charge in [0.15, 0.2) is 17.6 Å². The molecule has 1 aliphatic heterocycles. The highest BCUT2D eigenvalue weighted by Gasteiger charge is 2.28. The number of hydrogen-bond donors (Lipinski definition) is 4. The van der Waals surface area contributed by atoms with Crippen LogP contribution in [0.15, 0.2) is 122 Å². The lowest BCUT2D eigenvalue weighted by Gasteiger charge is -2.14. The Bertz CT molecular complexity index is 2970. The third kappa shape index (κ3) is 10.9. The number of fused-ring (bicyclic) bond motifs is 2. The average molecular weight is 925 g/mol. The van der Waals surface area contributed by atoms with E-state index in [0.717, 1.165) is 23.0 Å². The molecule has 19 heteroatoms. The van der Waals surface area contributed by atoms with Crippen LogP contribution in [0.1, 0.15) is 46.2 Å². The van der Waals surface area contributed by atoms with E-state index in [-0.39, 0.29) is 26.3 Å². The molecule has 1 aliphatic rings. The molecule has 9 rings (SSSR count). The Morgan fingerprint density at radius 1 is 0.627 bits per heavy atom. The predicted octanol–water partition coefficient (Wildman–Crippen LogP) is 9.70. The predicted molar refractivity (Wildman–Crippen MR) is 238 cm³/mol.